The van der Waals surface area contributed by atoms with E-state index in [1.807, 2.05) is 0 Å². The molecule has 3 amide bonds. The van der Waals surface area contributed by atoms with E-state index in [-0.39, 0.29) is 6.42 Å². The van der Waals surface area contributed by atoms with Gasteiger partial charge < -0.3 is 41.7 Å². The molecular weight excluding hydrogens is 443 g/mol. The minimum atomic E-state index is -4.95. The molecule has 0 aliphatic rings. The number of hydrogen-bond donors (Lipinski definition) is 8. The first kappa shape index (κ1) is 28.4. The zero-order valence-electron chi connectivity index (χ0n) is 16.8. The number of hydrogen-bond acceptors (Lipinski definition) is 8. The topological polar surface area (TPSA) is 255 Å². The highest BCUT2D eigenvalue weighted by atomic mass is 31.2. The van der Waals surface area contributed by atoms with Crippen molar-refractivity contribution in [3.8, 4) is 0 Å². The van der Waals surface area contributed by atoms with E-state index in [0.29, 0.717) is 0 Å². The lowest BCUT2D eigenvalue weighted by atomic mass is 10.1. The van der Waals surface area contributed by atoms with Gasteiger partial charge in [-0.15, -0.1) is 0 Å². The molecule has 0 fully saturated rings. The molecule has 178 valence electrons. The summed E-state index contributed by atoms with van der Waals surface area (Å²) in [7, 11) is -3.70. The standard InChI is InChI=1S/C15H27N4O11P/c1-7(30-31(27,28)29)12(16)15(26)19-9(4-6-11(22)23)14(25)18-8(13(24)17-2)3-5-10(20)21/h7-9,12H,3-6,16H2,1-2H3,(H,17,24)(H,18,25)(H,19,26)(H,20,21)(H,22,23)(H2,27,28,29)/t7-,8+,9+,12+/m1/s1. The molecule has 0 aliphatic carbocycles. The van der Waals surface area contributed by atoms with Gasteiger partial charge in [-0.2, -0.15) is 0 Å². The Morgan fingerprint density at radius 3 is 1.71 bits per heavy atom. The number of carboxylic acids is 2. The lowest BCUT2D eigenvalue weighted by molar-refractivity contribution is -0.139. The summed E-state index contributed by atoms with van der Waals surface area (Å²) in [6.07, 6.45) is -3.15. The number of carbonyl (C=O) groups is 5. The molecule has 15 nitrogen and oxygen atoms in total. The summed E-state index contributed by atoms with van der Waals surface area (Å²) in [4.78, 5) is 75.9. The third kappa shape index (κ3) is 12.0. The van der Waals surface area contributed by atoms with Gasteiger partial charge in [0.2, 0.25) is 17.7 Å². The number of nitrogens with one attached hydrogen (secondary N) is 3. The van der Waals surface area contributed by atoms with Gasteiger partial charge in [0.05, 0.1) is 6.10 Å². The zero-order valence-corrected chi connectivity index (χ0v) is 17.7. The fourth-order valence-corrected chi connectivity index (χ4v) is 2.85. The molecule has 31 heavy (non-hydrogen) atoms. The molecule has 0 aliphatic heterocycles. The number of carboxylic acid groups (broad SMARTS) is 2. The molecular formula is C15H27N4O11P. The fourth-order valence-electron chi connectivity index (χ4n) is 2.28. The van der Waals surface area contributed by atoms with E-state index in [4.69, 9.17) is 25.7 Å². The first-order valence-corrected chi connectivity index (χ1v) is 10.5. The SMILES string of the molecule is CNC(=O)[C@H](CCC(=O)O)NC(=O)[C@H](CCC(=O)O)NC(=O)[C@@H](N)[C@@H](C)OP(=O)(O)O. The quantitative estimate of drug-likeness (QED) is 0.120. The number of rotatable bonds is 14. The number of carbonyl (C=O) groups excluding carboxylic acids is 3. The van der Waals surface area contributed by atoms with Crippen LogP contribution in [0.5, 0.6) is 0 Å². The maximum absolute atomic E-state index is 12.5. The van der Waals surface area contributed by atoms with Crippen molar-refractivity contribution in [1.29, 1.82) is 0 Å². The van der Waals surface area contributed by atoms with Crippen molar-refractivity contribution < 1.29 is 53.1 Å². The Morgan fingerprint density at radius 1 is 0.903 bits per heavy atom. The van der Waals surface area contributed by atoms with Gasteiger partial charge in [0.25, 0.3) is 0 Å². The average molecular weight is 470 g/mol. The molecule has 9 N–H and O–H groups in total. The summed E-state index contributed by atoms with van der Waals surface area (Å²) in [6.45, 7) is 1.10. The van der Waals surface area contributed by atoms with Crippen LogP contribution in [0, 0.1) is 0 Å². The van der Waals surface area contributed by atoms with E-state index >= 15 is 0 Å². The van der Waals surface area contributed by atoms with E-state index in [2.05, 4.69) is 20.5 Å². The highest BCUT2D eigenvalue weighted by Crippen LogP contribution is 2.37. The predicted molar refractivity (Wildman–Crippen MR) is 102 cm³/mol. The molecule has 0 saturated heterocycles. The van der Waals surface area contributed by atoms with Crippen LogP contribution in [-0.4, -0.2) is 80.9 Å². The lowest BCUT2D eigenvalue weighted by Crippen LogP contribution is -2.57. The van der Waals surface area contributed by atoms with Crippen LogP contribution in [0.4, 0.5) is 0 Å². The van der Waals surface area contributed by atoms with Crippen molar-refractivity contribution in [3.63, 3.8) is 0 Å². The second-order valence-electron chi connectivity index (χ2n) is 6.43. The molecule has 0 aromatic carbocycles. The van der Waals surface area contributed by atoms with Gasteiger partial charge in [-0.3, -0.25) is 28.5 Å². The molecule has 4 atom stereocenters. The van der Waals surface area contributed by atoms with E-state index in [1.165, 1.54) is 7.05 Å². The van der Waals surface area contributed by atoms with Crippen molar-refractivity contribution in [2.24, 2.45) is 5.73 Å². The van der Waals surface area contributed by atoms with Gasteiger partial charge in [-0.1, -0.05) is 0 Å². The van der Waals surface area contributed by atoms with E-state index in [9.17, 15) is 28.5 Å². The molecule has 0 bridgehead atoms. The minimum Gasteiger partial charge on any atom is -0.481 e. The molecule has 0 aromatic heterocycles. The molecule has 0 rings (SSSR count). The fraction of sp³-hybridized carbons (Fsp3) is 0.667. The minimum absolute atomic E-state index is 0.271. The van der Waals surface area contributed by atoms with Gasteiger partial charge in [-0.05, 0) is 19.8 Å². The molecule has 16 heteroatoms. The van der Waals surface area contributed by atoms with Crippen molar-refractivity contribution in [2.45, 2.75) is 56.8 Å². The number of phosphoric acid groups is 1. The number of phosphoric ester groups is 1. The Bertz CT molecular complexity index is 726. The predicted octanol–water partition coefficient (Wildman–Crippen LogP) is -2.74. The number of amides is 3. The van der Waals surface area contributed by atoms with Crippen LogP contribution >= 0.6 is 7.82 Å². The van der Waals surface area contributed by atoms with Crippen LogP contribution < -0.4 is 21.7 Å². The average Bonchev–Trinajstić information content (AvgIpc) is 2.64. The molecule has 0 heterocycles. The maximum atomic E-state index is 12.5. The van der Waals surface area contributed by atoms with Crippen LogP contribution in [0.3, 0.4) is 0 Å². The summed E-state index contributed by atoms with van der Waals surface area (Å²) in [5, 5.41) is 24.2. The Labute approximate surface area is 176 Å². The Balaban J connectivity index is 5.36. The van der Waals surface area contributed by atoms with Gasteiger partial charge in [0.15, 0.2) is 0 Å². The molecule has 0 unspecified atom stereocenters. The van der Waals surface area contributed by atoms with Crippen LogP contribution in [0.25, 0.3) is 0 Å². The van der Waals surface area contributed by atoms with Gasteiger partial charge in [0.1, 0.15) is 18.1 Å². The Hall–Kier alpha value is -2.58. The van der Waals surface area contributed by atoms with Crippen LogP contribution in [-0.2, 0) is 33.1 Å². The first-order valence-electron chi connectivity index (χ1n) is 8.93. The maximum Gasteiger partial charge on any atom is 0.469 e. The molecule has 0 radical (unpaired) electrons. The van der Waals surface area contributed by atoms with E-state index < -0.39 is 81.0 Å². The number of aliphatic carboxylic acids is 2. The summed E-state index contributed by atoms with van der Waals surface area (Å²) in [6, 6.07) is -4.40. The smallest absolute Gasteiger partial charge is 0.469 e. The third-order valence-corrected chi connectivity index (χ3v) is 4.53. The molecule has 0 spiro atoms. The van der Waals surface area contributed by atoms with Crippen LogP contribution in [0.1, 0.15) is 32.6 Å². The van der Waals surface area contributed by atoms with Crippen molar-refractivity contribution >= 4 is 37.5 Å². The van der Waals surface area contributed by atoms with E-state index in [1.54, 1.807) is 0 Å². The van der Waals surface area contributed by atoms with Crippen molar-refractivity contribution in [3.05, 3.63) is 0 Å². The highest BCUT2D eigenvalue weighted by Gasteiger charge is 2.32. The monoisotopic (exact) mass is 470 g/mol. The van der Waals surface area contributed by atoms with Crippen molar-refractivity contribution in [1.82, 2.24) is 16.0 Å². The number of nitrogens with two attached hydrogens (primary N) is 1. The summed E-state index contributed by atoms with van der Waals surface area (Å²) in [5.41, 5.74) is 5.57. The van der Waals surface area contributed by atoms with Gasteiger partial charge in [0, 0.05) is 19.9 Å². The second kappa shape index (κ2) is 13.0. The third-order valence-electron chi connectivity index (χ3n) is 3.92. The summed E-state index contributed by atoms with van der Waals surface area (Å²) in [5.74, 6) is -5.27. The van der Waals surface area contributed by atoms with Gasteiger partial charge >= 0.3 is 19.8 Å². The van der Waals surface area contributed by atoms with E-state index in [0.717, 1.165) is 6.92 Å². The number of likely N-dealkylation sites (N-methyl/N-ethyl adjacent to an activating group) is 1. The molecule has 0 saturated carbocycles. The second-order valence-corrected chi connectivity index (χ2v) is 7.62. The summed E-state index contributed by atoms with van der Waals surface area (Å²) >= 11 is 0. The Morgan fingerprint density at radius 2 is 1.32 bits per heavy atom. The molecule has 0 aromatic rings. The summed E-state index contributed by atoms with van der Waals surface area (Å²) < 4.78 is 15.2. The van der Waals surface area contributed by atoms with Crippen LogP contribution in [0.2, 0.25) is 0 Å². The normalized spacial score (nSPS) is 15.1. The van der Waals surface area contributed by atoms with Crippen LogP contribution in [0.15, 0.2) is 0 Å². The first-order chi connectivity index (χ1) is 14.2. The largest absolute Gasteiger partial charge is 0.481 e. The zero-order chi connectivity index (χ0) is 24.4. The highest BCUT2D eigenvalue weighted by molar-refractivity contribution is 7.46. The van der Waals surface area contributed by atoms with Gasteiger partial charge in [-0.25, -0.2) is 4.57 Å². The van der Waals surface area contributed by atoms with Crippen molar-refractivity contribution in [2.75, 3.05) is 7.05 Å². The Kier molecular flexibility index (Phi) is 11.9. The lowest BCUT2D eigenvalue weighted by Gasteiger charge is -2.25.